The van der Waals surface area contributed by atoms with Gasteiger partial charge in [-0.25, -0.2) is 4.98 Å². The molecular formula is C16H23N3O. The molecule has 0 saturated carbocycles. The van der Waals surface area contributed by atoms with E-state index in [1.54, 1.807) is 0 Å². The van der Waals surface area contributed by atoms with Crippen molar-refractivity contribution in [2.24, 2.45) is 11.7 Å². The standard InChI is InChI=1S/C16H23N3O/c1-2-5-16-18-14-6-3-4-7-15(14)19(16)10-13(17)12-8-9-20-11-12/h3-4,6-7,12-13H,2,5,8-11,17H2,1H3. The van der Waals surface area contributed by atoms with Crippen molar-refractivity contribution in [2.75, 3.05) is 13.2 Å². The van der Waals surface area contributed by atoms with Gasteiger partial charge in [-0.1, -0.05) is 19.1 Å². The van der Waals surface area contributed by atoms with Gasteiger partial charge in [-0.05, 0) is 25.0 Å². The molecule has 0 radical (unpaired) electrons. The summed E-state index contributed by atoms with van der Waals surface area (Å²) in [5, 5.41) is 0. The maximum Gasteiger partial charge on any atom is 0.109 e. The van der Waals surface area contributed by atoms with Gasteiger partial charge in [0.1, 0.15) is 5.82 Å². The van der Waals surface area contributed by atoms with E-state index in [2.05, 4.69) is 29.7 Å². The predicted octanol–water partition coefficient (Wildman–Crippen LogP) is 2.35. The first-order chi connectivity index (χ1) is 9.79. The van der Waals surface area contributed by atoms with Crippen LogP contribution < -0.4 is 5.73 Å². The van der Waals surface area contributed by atoms with Crippen LogP contribution in [0.15, 0.2) is 24.3 Å². The molecule has 1 fully saturated rings. The Morgan fingerprint density at radius 1 is 1.45 bits per heavy atom. The normalized spacial score (nSPS) is 20.6. The first kappa shape index (κ1) is 13.6. The molecule has 4 nitrogen and oxygen atoms in total. The van der Waals surface area contributed by atoms with Crippen LogP contribution in [0.3, 0.4) is 0 Å². The van der Waals surface area contributed by atoms with Crippen molar-refractivity contribution < 1.29 is 4.74 Å². The van der Waals surface area contributed by atoms with Gasteiger partial charge in [0.25, 0.3) is 0 Å². The third-order valence-electron chi connectivity index (χ3n) is 4.17. The van der Waals surface area contributed by atoms with Crippen LogP contribution in [0.25, 0.3) is 11.0 Å². The highest BCUT2D eigenvalue weighted by Crippen LogP contribution is 2.21. The number of hydrogen-bond donors (Lipinski definition) is 1. The number of rotatable bonds is 5. The molecule has 108 valence electrons. The highest BCUT2D eigenvalue weighted by Gasteiger charge is 2.24. The average molecular weight is 273 g/mol. The minimum Gasteiger partial charge on any atom is -0.381 e. The van der Waals surface area contributed by atoms with Crippen molar-refractivity contribution >= 4 is 11.0 Å². The summed E-state index contributed by atoms with van der Waals surface area (Å²) in [4.78, 5) is 4.76. The second kappa shape index (κ2) is 5.94. The highest BCUT2D eigenvalue weighted by atomic mass is 16.5. The van der Waals surface area contributed by atoms with Crippen LogP contribution in [0.2, 0.25) is 0 Å². The molecule has 1 saturated heterocycles. The molecule has 3 rings (SSSR count). The number of benzene rings is 1. The number of aryl methyl sites for hydroxylation is 1. The Morgan fingerprint density at radius 2 is 2.30 bits per heavy atom. The number of imidazole rings is 1. The van der Waals surface area contributed by atoms with Gasteiger partial charge in [0.15, 0.2) is 0 Å². The van der Waals surface area contributed by atoms with Crippen molar-refractivity contribution in [2.45, 2.75) is 38.8 Å². The Balaban J connectivity index is 1.89. The Bertz CT molecular complexity index is 572. The number of nitrogens with zero attached hydrogens (tertiary/aromatic N) is 2. The van der Waals surface area contributed by atoms with Gasteiger partial charge >= 0.3 is 0 Å². The zero-order valence-electron chi connectivity index (χ0n) is 12.1. The molecular weight excluding hydrogens is 250 g/mol. The van der Waals surface area contributed by atoms with E-state index < -0.39 is 0 Å². The molecule has 1 aromatic carbocycles. The maximum atomic E-state index is 6.40. The molecule has 0 aliphatic carbocycles. The van der Waals surface area contributed by atoms with Gasteiger partial charge in [0.05, 0.1) is 17.6 Å². The summed E-state index contributed by atoms with van der Waals surface area (Å²) >= 11 is 0. The number of para-hydroxylation sites is 2. The van der Waals surface area contributed by atoms with Crippen molar-refractivity contribution in [1.82, 2.24) is 9.55 Å². The van der Waals surface area contributed by atoms with Crippen molar-refractivity contribution in [3.8, 4) is 0 Å². The van der Waals surface area contributed by atoms with Gasteiger partial charge in [-0.15, -0.1) is 0 Å². The fraction of sp³-hybridized carbons (Fsp3) is 0.562. The molecule has 20 heavy (non-hydrogen) atoms. The van der Waals surface area contributed by atoms with E-state index in [0.717, 1.165) is 50.4 Å². The smallest absolute Gasteiger partial charge is 0.109 e. The predicted molar refractivity (Wildman–Crippen MR) is 80.6 cm³/mol. The second-order valence-corrected chi connectivity index (χ2v) is 5.66. The van der Waals surface area contributed by atoms with Crippen LogP contribution in [-0.2, 0) is 17.7 Å². The molecule has 2 heterocycles. The van der Waals surface area contributed by atoms with E-state index in [1.165, 1.54) is 5.52 Å². The largest absolute Gasteiger partial charge is 0.381 e. The molecule has 0 spiro atoms. The SMILES string of the molecule is CCCc1nc2ccccc2n1CC(N)C1CCOC1. The molecule has 0 bridgehead atoms. The summed E-state index contributed by atoms with van der Waals surface area (Å²) in [5.41, 5.74) is 8.67. The molecule has 0 amide bonds. The van der Waals surface area contributed by atoms with E-state index in [-0.39, 0.29) is 6.04 Å². The van der Waals surface area contributed by atoms with E-state index >= 15 is 0 Å². The summed E-state index contributed by atoms with van der Waals surface area (Å²) in [6, 6.07) is 8.47. The van der Waals surface area contributed by atoms with Crippen LogP contribution in [0.4, 0.5) is 0 Å². The Labute approximate surface area is 119 Å². The highest BCUT2D eigenvalue weighted by molar-refractivity contribution is 5.75. The topological polar surface area (TPSA) is 53.1 Å². The second-order valence-electron chi connectivity index (χ2n) is 5.66. The Kier molecular flexibility index (Phi) is 4.03. The fourth-order valence-electron chi connectivity index (χ4n) is 2.99. The molecule has 1 aliphatic rings. The maximum absolute atomic E-state index is 6.40. The number of ether oxygens (including phenoxy) is 1. The summed E-state index contributed by atoms with van der Waals surface area (Å²) in [7, 11) is 0. The number of aromatic nitrogens is 2. The van der Waals surface area contributed by atoms with Crippen LogP contribution >= 0.6 is 0 Å². The van der Waals surface area contributed by atoms with Crippen LogP contribution in [0, 0.1) is 5.92 Å². The number of nitrogens with two attached hydrogens (primary N) is 1. The number of fused-ring (bicyclic) bond motifs is 1. The third-order valence-corrected chi connectivity index (χ3v) is 4.17. The van der Waals surface area contributed by atoms with E-state index in [1.807, 2.05) is 6.07 Å². The van der Waals surface area contributed by atoms with Crippen molar-refractivity contribution in [3.63, 3.8) is 0 Å². The van der Waals surface area contributed by atoms with Gasteiger partial charge in [0.2, 0.25) is 0 Å². The first-order valence-corrected chi connectivity index (χ1v) is 7.57. The molecule has 2 aromatic rings. The van der Waals surface area contributed by atoms with Crippen LogP contribution in [0.5, 0.6) is 0 Å². The average Bonchev–Trinajstić information content (AvgIpc) is 3.08. The fourth-order valence-corrected chi connectivity index (χ4v) is 2.99. The lowest BCUT2D eigenvalue weighted by Crippen LogP contribution is -2.35. The molecule has 2 atom stereocenters. The lowest BCUT2D eigenvalue weighted by molar-refractivity contribution is 0.179. The Hall–Kier alpha value is -1.39. The minimum atomic E-state index is 0.144. The minimum absolute atomic E-state index is 0.144. The zero-order valence-corrected chi connectivity index (χ0v) is 12.1. The first-order valence-electron chi connectivity index (χ1n) is 7.57. The Morgan fingerprint density at radius 3 is 3.05 bits per heavy atom. The molecule has 2 unspecified atom stereocenters. The summed E-state index contributed by atoms with van der Waals surface area (Å²) < 4.78 is 7.77. The van der Waals surface area contributed by atoms with E-state index in [0.29, 0.717) is 5.92 Å². The van der Waals surface area contributed by atoms with Gasteiger partial charge in [-0.2, -0.15) is 0 Å². The van der Waals surface area contributed by atoms with Crippen molar-refractivity contribution in [3.05, 3.63) is 30.1 Å². The monoisotopic (exact) mass is 273 g/mol. The lowest BCUT2D eigenvalue weighted by Gasteiger charge is -2.20. The van der Waals surface area contributed by atoms with Crippen LogP contribution in [-0.4, -0.2) is 28.8 Å². The van der Waals surface area contributed by atoms with E-state index in [4.69, 9.17) is 15.5 Å². The zero-order chi connectivity index (χ0) is 13.9. The molecule has 2 N–H and O–H groups in total. The summed E-state index contributed by atoms with van der Waals surface area (Å²) in [6.45, 7) is 4.68. The third kappa shape index (κ3) is 2.58. The summed E-state index contributed by atoms with van der Waals surface area (Å²) in [6.07, 6.45) is 3.19. The molecule has 1 aliphatic heterocycles. The van der Waals surface area contributed by atoms with Crippen molar-refractivity contribution in [1.29, 1.82) is 0 Å². The van der Waals surface area contributed by atoms with Crippen LogP contribution in [0.1, 0.15) is 25.6 Å². The number of hydrogen-bond acceptors (Lipinski definition) is 3. The van der Waals surface area contributed by atoms with Gasteiger partial charge in [0, 0.05) is 31.5 Å². The quantitative estimate of drug-likeness (QED) is 0.910. The van der Waals surface area contributed by atoms with E-state index in [9.17, 15) is 0 Å². The molecule has 1 aromatic heterocycles. The molecule has 4 heteroatoms. The summed E-state index contributed by atoms with van der Waals surface area (Å²) in [5.74, 6) is 1.63. The van der Waals surface area contributed by atoms with Gasteiger partial charge < -0.3 is 15.0 Å². The lowest BCUT2D eigenvalue weighted by atomic mass is 10.00. The van der Waals surface area contributed by atoms with Gasteiger partial charge in [-0.3, -0.25) is 0 Å².